The lowest BCUT2D eigenvalue weighted by atomic mass is 10.1. The van der Waals surface area contributed by atoms with Crippen molar-refractivity contribution in [1.29, 1.82) is 0 Å². The molecule has 2 atom stereocenters. The molecule has 7 N–H and O–H groups in total. The Morgan fingerprint density at radius 1 is 0.897 bits per heavy atom. The predicted molar refractivity (Wildman–Crippen MR) is 128 cm³/mol. The van der Waals surface area contributed by atoms with Crippen LogP contribution >= 0.6 is 67.8 Å². The topological polar surface area (TPSA) is 171 Å². The Balaban J connectivity index is 3.55. The number of nitrogens with one attached hydrogen (secondary N) is 1. The van der Waals surface area contributed by atoms with Crippen molar-refractivity contribution >= 4 is 85.3 Å². The number of hydrogen-bond donors (Lipinski definition) is 7. The largest absolute Gasteiger partial charge is 0.394 e. The van der Waals surface area contributed by atoms with Crippen LogP contribution in [-0.2, 0) is 11.4 Å². The molecule has 0 aromatic heterocycles. The van der Waals surface area contributed by atoms with Crippen molar-refractivity contribution in [2.24, 2.45) is 0 Å². The molecule has 0 fully saturated rings. The molecule has 0 aliphatic heterocycles. The molecule has 0 aliphatic rings. The van der Waals surface area contributed by atoms with Gasteiger partial charge in [-0.25, -0.2) is 0 Å². The minimum Gasteiger partial charge on any atom is -0.394 e. The molecule has 2 unspecified atom stereocenters. The van der Waals surface area contributed by atoms with Crippen molar-refractivity contribution in [3.63, 3.8) is 0 Å². The first-order chi connectivity index (χ1) is 13.6. The summed E-state index contributed by atoms with van der Waals surface area (Å²) >= 11 is 5.65. The molecule has 13 heteroatoms. The fourth-order valence-electron chi connectivity index (χ4n) is 2.35. The van der Waals surface area contributed by atoms with E-state index in [-0.39, 0.29) is 24.3 Å². The molecule has 0 saturated heterocycles. The number of aliphatic hydroxyl groups excluding tert-OH is 6. The van der Waals surface area contributed by atoms with E-state index < -0.39 is 50.4 Å². The molecule has 0 heterocycles. The number of amides is 2. The van der Waals surface area contributed by atoms with Gasteiger partial charge in [0.05, 0.1) is 46.8 Å². The highest BCUT2D eigenvalue weighted by molar-refractivity contribution is 14.1. The fraction of sp³-hybridized carbons (Fsp3) is 0.500. The zero-order valence-corrected chi connectivity index (χ0v) is 21.5. The molecule has 164 valence electrons. The number of carbonyl (C=O) groups excluding carboxylic acids is 2. The molecular formula is C16H21I3N2O8. The van der Waals surface area contributed by atoms with Crippen LogP contribution in [0.25, 0.3) is 0 Å². The van der Waals surface area contributed by atoms with Gasteiger partial charge >= 0.3 is 0 Å². The first kappa shape index (κ1) is 27.1. The number of benzene rings is 1. The van der Waals surface area contributed by atoms with E-state index in [1.807, 2.05) is 67.8 Å². The van der Waals surface area contributed by atoms with E-state index in [9.17, 15) is 24.9 Å². The number of rotatable bonds is 10. The summed E-state index contributed by atoms with van der Waals surface area (Å²) < 4.78 is 1.24. The second-order valence-corrected chi connectivity index (χ2v) is 9.15. The Hall–Kier alpha value is 0.110. The third kappa shape index (κ3) is 7.06. The summed E-state index contributed by atoms with van der Waals surface area (Å²) in [6.07, 6.45) is -2.54. The zero-order valence-electron chi connectivity index (χ0n) is 15.0. The average molecular weight is 750 g/mol. The molecule has 29 heavy (non-hydrogen) atoms. The van der Waals surface area contributed by atoms with Crippen LogP contribution in [0, 0.1) is 10.7 Å². The van der Waals surface area contributed by atoms with Gasteiger partial charge in [0.15, 0.2) is 0 Å². The van der Waals surface area contributed by atoms with Crippen LogP contribution < -0.4 is 5.32 Å². The summed E-state index contributed by atoms with van der Waals surface area (Å²) in [6.45, 7) is -3.03. The summed E-state index contributed by atoms with van der Waals surface area (Å²) in [7, 11) is 0. The Bertz CT molecular complexity index is 738. The van der Waals surface area contributed by atoms with Gasteiger partial charge in [0.1, 0.15) is 6.61 Å². The van der Waals surface area contributed by atoms with Gasteiger partial charge in [0.25, 0.3) is 5.91 Å². The third-order valence-electron chi connectivity index (χ3n) is 3.76. The lowest BCUT2D eigenvalue weighted by Gasteiger charge is -2.28. The maximum absolute atomic E-state index is 13.3. The first-order valence-electron chi connectivity index (χ1n) is 8.20. The molecule has 0 saturated carbocycles. The Morgan fingerprint density at radius 3 is 1.83 bits per heavy atom. The number of hydrogen-bond acceptors (Lipinski definition) is 8. The van der Waals surface area contributed by atoms with Gasteiger partial charge in [-0.2, -0.15) is 0 Å². The number of nitrogens with zero attached hydrogens (tertiary/aromatic N) is 1. The molecular weight excluding hydrogens is 729 g/mol. The lowest BCUT2D eigenvalue weighted by molar-refractivity contribution is -0.118. The normalized spacial score (nSPS) is 13.1. The maximum atomic E-state index is 13.3. The van der Waals surface area contributed by atoms with Crippen LogP contribution in [-0.4, -0.2) is 92.5 Å². The van der Waals surface area contributed by atoms with E-state index in [4.69, 9.17) is 15.3 Å². The van der Waals surface area contributed by atoms with E-state index in [1.54, 1.807) is 0 Å². The van der Waals surface area contributed by atoms with E-state index in [1.165, 1.54) is 0 Å². The highest BCUT2D eigenvalue weighted by Crippen LogP contribution is 2.36. The van der Waals surface area contributed by atoms with E-state index in [0.29, 0.717) is 16.3 Å². The molecule has 0 spiro atoms. The van der Waals surface area contributed by atoms with Gasteiger partial charge in [-0.15, -0.1) is 0 Å². The number of aliphatic hydroxyl groups is 6. The Morgan fingerprint density at radius 2 is 1.41 bits per heavy atom. The Labute approximate surface area is 207 Å². The van der Waals surface area contributed by atoms with Crippen LogP contribution in [0.5, 0.6) is 0 Å². The number of anilines is 1. The van der Waals surface area contributed by atoms with Crippen LogP contribution in [0.4, 0.5) is 5.69 Å². The second kappa shape index (κ2) is 12.8. The molecule has 2 amide bonds. The van der Waals surface area contributed by atoms with Gasteiger partial charge < -0.3 is 40.9 Å². The van der Waals surface area contributed by atoms with Crippen LogP contribution in [0.15, 0.2) is 0 Å². The molecule has 0 radical (unpaired) electrons. The molecule has 1 rings (SSSR count). The van der Waals surface area contributed by atoms with E-state index in [0.717, 1.165) is 4.90 Å². The van der Waals surface area contributed by atoms with Gasteiger partial charge in [0, 0.05) is 25.8 Å². The molecule has 1 aromatic rings. The summed E-state index contributed by atoms with van der Waals surface area (Å²) in [5, 5.41) is 59.1. The van der Waals surface area contributed by atoms with Crippen molar-refractivity contribution in [3.8, 4) is 0 Å². The number of carbonyl (C=O) groups is 2. The van der Waals surface area contributed by atoms with Gasteiger partial charge in [-0.1, -0.05) is 0 Å². The van der Waals surface area contributed by atoms with Gasteiger partial charge in [-0.3, -0.25) is 9.59 Å². The van der Waals surface area contributed by atoms with Crippen LogP contribution in [0.3, 0.4) is 0 Å². The second-order valence-electron chi connectivity index (χ2n) is 5.92. The summed E-state index contributed by atoms with van der Waals surface area (Å²) in [5.41, 5.74) is 0.733. The van der Waals surface area contributed by atoms with Crippen molar-refractivity contribution in [3.05, 3.63) is 21.8 Å². The summed E-state index contributed by atoms with van der Waals surface area (Å²) in [5.74, 6) is -1.34. The summed E-state index contributed by atoms with van der Waals surface area (Å²) in [6, 6.07) is 0. The van der Waals surface area contributed by atoms with Crippen LogP contribution in [0.2, 0.25) is 0 Å². The van der Waals surface area contributed by atoms with Crippen molar-refractivity contribution in [2.75, 3.05) is 38.2 Å². The lowest BCUT2D eigenvalue weighted by Crippen LogP contribution is -2.44. The molecule has 0 aliphatic carbocycles. The van der Waals surface area contributed by atoms with Gasteiger partial charge in [-0.05, 0) is 67.8 Å². The standard InChI is InChI=1S/C16H21I3N2O8/c17-12-9(5-24)13(18)15(20-10(28)6-25)14(19)11(12)16(29)21(1-7(26)3-22)2-8(27)4-23/h7-8,22-27H,1-6H2,(H,20,28). The zero-order chi connectivity index (χ0) is 22.3. The molecule has 0 bridgehead atoms. The predicted octanol–water partition coefficient (Wildman–Crippen LogP) is -0.928. The number of halogens is 3. The first-order valence-corrected chi connectivity index (χ1v) is 11.4. The molecule has 10 nitrogen and oxygen atoms in total. The highest BCUT2D eigenvalue weighted by Gasteiger charge is 2.29. The SMILES string of the molecule is O=C(CO)Nc1c(I)c(CO)c(I)c(C(=O)N(CC(O)CO)CC(O)CO)c1I. The third-order valence-corrected chi connectivity index (χ3v) is 7.22. The smallest absolute Gasteiger partial charge is 0.256 e. The highest BCUT2D eigenvalue weighted by atomic mass is 127. The van der Waals surface area contributed by atoms with E-state index >= 15 is 0 Å². The van der Waals surface area contributed by atoms with E-state index in [2.05, 4.69) is 5.32 Å². The van der Waals surface area contributed by atoms with Gasteiger partial charge in [0.2, 0.25) is 5.91 Å². The van der Waals surface area contributed by atoms with Crippen molar-refractivity contribution in [2.45, 2.75) is 18.8 Å². The minimum absolute atomic E-state index is 0.110. The molecule has 1 aromatic carbocycles. The Kier molecular flexibility index (Phi) is 12.0. The quantitative estimate of drug-likeness (QED) is 0.151. The maximum Gasteiger partial charge on any atom is 0.256 e. The fourth-order valence-corrected chi connectivity index (χ4v) is 6.59. The average Bonchev–Trinajstić information content (AvgIpc) is 2.70. The van der Waals surface area contributed by atoms with Crippen molar-refractivity contribution in [1.82, 2.24) is 4.90 Å². The minimum atomic E-state index is -1.27. The monoisotopic (exact) mass is 750 g/mol. The van der Waals surface area contributed by atoms with Crippen LogP contribution in [0.1, 0.15) is 15.9 Å². The summed E-state index contributed by atoms with van der Waals surface area (Å²) in [4.78, 5) is 26.0. The van der Waals surface area contributed by atoms with Crippen molar-refractivity contribution < 1.29 is 40.2 Å².